The van der Waals surface area contributed by atoms with Crippen LogP contribution in [0.2, 0.25) is 0 Å². The summed E-state index contributed by atoms with van der Waals surface area (Å²) >= 11 is 2.14. The SMILES string of the molecule is CF.Nc1ccc(C#CSI)cc1. The fourth-order valence-electron chi connectivity index (χ4n) is 0.645. The molecule has 13 heavy (non-hydrogen) atoms. The average molecular weight is 309 g/mol. The largest absolute Gasteiger partial charge is 0.399 e. The Hall–Kier alpha value is -0.410. The topological polar surface area (TPSA) is 26.0 Å². The van der Waals surface area contributed by atoms with Gasteiger partial charge in [-0.1, -0.05) is 5.92 Å². The van der Waals surface area contributed by atoms with E-state index < -0.39 is 0 Å². The smallest absolute Gasteiger partial charge is 0.0785 e. The number of hydrogen-bond acceptors (Lipinski definition) is 2. The number of nitrogen functional groups attached to an aromatic ring is 1. The first-order valence-corrected chi connectivity index (χ1v) is 6.71. The minimum atomic E-state index is 0.500. The Labute approximate surface area is 93.9 Å². The summed E-state index contributed by atoms with van der Waals surface area (Å²) in [4.78, 5) is 0. The van der Waals surface area contributed by atoms with E-state index in [1.165, 1.54) is 8.93 Å². The van der Waals surface area contributed by atoms with Crippen LogP contribution in [0, 0.1) is 11.2 Å². The molecule has 0 aliphatic rings. The van der Waals surface area contributed by atoms with Gasteiger partial charge in [-0.3, -0.25) is 4.39 Å². The maximum absolute atomic E-state index is 9.50. The number of anilines is 1. The highest BCUT2D eigenvalue weighted by Gasteiger charge is 1.84. The zero-order valence-electron chi connectivity index (χ0n) is 7.05. The molecular weight excluding hydrogens is 300 g/mol. The molecule has 70 valence electrons. The minimum Gasteiger partial charge on any atom is -0.399 e. The first-order valence-electron chi connectivity index (χ1n) is 3.35. The molecule has 1 aromatic rings. The number of nitrogens with two attached hydrogens (primary N) is 1. The number of alkyl halides is 1. The summed E-state index contributed by atoms with van der Waals surface area (Å²) < 4.78 is 9.50. The molecule has 0 spiro atoms. The third-order valence-electron chi connectivity index (χ3n) is 1.14. The van der Waals surface area contributed by atoms with E-state index in [2.05, 4.69) is 32.4 Å². The summed E-state index contributed by atoms with van der Waals surface area (Å²) in [6.07, 6.45) is 0. The Balaban J connectivity index is 0.000000671. The molecule has 0 unspecified atom stereocenters. The molecule has 0 aliphatic carbocycles. The van der Waals surface area contributed by atoms with Crippen molar-refractivity contribution in [2.24, 2.45) is 0 Å². The second-order valence-electron chi connectivity index (χ2n) is 1.93. The molecule has 0 amide bonds. The van der Waals surface area contributed by atoms with Crippen molar-refractivity contribution < 1.29 is 4.39 Å². The van der Waals surface area contributed by atoms with Crippen LogP contribution in [0.25, 0.3) is 0 Å². The summed E-state index contributed by atoms with van der Waals surface area (Å²) in [6, 6.07) is 7.52. The molecular formula is C9H9FINS. The van der Waals surface area contributed by atoms with Crippen LogP contribution in [-0.4, -0.2) is 7.18 Å². The van der Waals surface area contributed by atoms with Gasteiger partial charge >= 0.3 is 0 Å². The zero-order chi connectivity index (χ0) is 10.1. The first-order chi connectivity index (χ1) is 6.33. The molecule has 0 saturated heterocycles. The number of rotatable bonds is 0. The van der Waals surface area contributed by atoms with Gasteiger partial charge in [0, 0.05) is 32.5 Å². The van der Waals surface area contributed by atoms with E-state index in [9.17, 15) is 4.39 Å². The highest BCUT2D eigenvalue weighted by atomic mass is 127. The van der Waals surface area contributed by atoms with Gasteiger partial charge < -0.3 is 5.73 Å². The molecule has 0 bridgehead atoms. The van der Waals surface area contributed by atoms with Crippen LogP contribution < -0.4 is 5.73 Å². The third kappa shape index (κ3) is 5.77. The maximum atomic E-state index is 9.50. The molecule has 1 aromatic carbocycles. The van der Waals surface area contributed by atoms with E-state index in [0.29, 0.717) is 7.18 Å². The van der Waals surface area contributed by atoms with E-state index in [1.54, 1.807) is 0 Å². The fourth-order valence-corrected chi connectivity index (χ4v) is 1.13. The second-order valence-corrected chi connectivity index (χ2v) is 3.61. The summed E-state index contributed by atoms with van der Waals surface area (Å²) in [5.41, 5.74) is 7.28. The highest BCUT2D eigenvalue weighted by Crippen LogP contribution is 2.09. The lowest BCUT2D eigenvalue weighted by Crippen LogP contribution is -1.82. The van der Waals surface area contributed by atoms with Gasteiger partial charge in [0.25, 0.3) is 0 Å². The predicted molar refractivity (Wildman–Crippen MR) is 66.4 cm³/mol. The number of hydrogen-bond donors (Lipinski definition) is 1. The van der Waals surface area contributed by atoms with Crippen molar-refractivity contribution in [1.29, 1.82) is 0 Å². The van der Waals surface area contributed by atoms with Gasteiger partial charge in [0.15, 0.2) is 0 Å². The van der Waals surface area contributed by atoms with E-state index >= 15 is 0 Å². The zero-order valence-corrected chi connectivity index (χ0v) is 10.0. The summed E-state index contributed by atoms with van der Waals surface area (Å²) in [7, 11) is 1.98. The molecule has 0 aliphatic heterocycles. The van der Waals surface area contributed by atoms with Crippen molar-refractivity contribution in [2.45, 2.75) is 0 Å². The Kier molecular flexibility index (Phi) is 7.94. The van der Waals surface area contributed by atoms with Crippen LogP contribution in [0.15, 0.2) is 24.3 Å². The predicted octanol–water partition coefficient (Wildman–Crippen LogP) is 3.25. The minimum absolute atomic E-state index is 0.500. The summed E-state index contributed by atoms with van der Waals surface area (Å²) in [5, 5.41) is 2.90. The molecule has 0 aromatic heterocycles. The normalized spacial score (nSPS) is 7.62. The lowest BCUT2D eigenvalue weighted by Gasteiger charge is -1.90. The third-order valence-corrected chi connectivity index (χ3v) is 1.98. The summed E-state index contributed by atoms with van der Waals surface area (Å²) in [6.45, 7) is 0. The van der Waals surface area contributed by atoms with Crippen LogP contribution >= 0.6 is 30.1 Å². The lowest BCUT2D eigenvalue weighted by atomic mass is 10.2. The molecule has 0 saturated carbocycles. The van der Waals surface area contributed by atoms with Gasteiger partial charge in [0.2, 0.25) is 0 Å². The highest BCUT2D eigenvalue weighted by molar-refractivity contribution is 14.2. The van der Waals surface area contributed by atoms with Crippen LogP contribution in [0.3, 0.4) is 0 Å². The first kappa shape index (κ1) is 12.6. The summed E-state index contributed by atoms with van der Waals surface area (Å²) in [5.74, 6) is 2.97. The quantitative estimate of drug-likeness (QED) is 0.452. The number of halogens is 2. The molecule has 0 heterocycles. The van der Waals surface area contributed by atoms with Crippen molar-refractivity contribution in [1.82, 2.24) is 0 Å². The Bertz CT molecular complexity index is 289. The maximum Gasteiger partial charge on any atom is 0.0785 e. The standard InChI is InChI=1S/C8H6INS.CH3F/c9-11-6-5-7-1-3-8(10)4-2-7;1-2/h1-4H,10H2;1H3. The molecule has 0 atom stereocenters. The van der Waals surface area contributed by atoms with Gasteiger partial charge in [-0.15, -0.1) is 0 Å². The van der Waals surface area contributed by atoms with E-state index in [-0.39, 0.29) is 0 Å². The van der Waals surface area contributed by atoms with Gasteiger partial charge in [-0.05, 0) is 38.5 Å². The Morgan fingerprint density at radius 3 is 2.31 bits per heavy atom. The van der Waals surface area contributed by atoms with E-state index in [1.807, 2.05) is 24.3 Å². The fraction of sp³-hybridized carbons (Fsp3) is 0.111. The van der Waals surface area contributed by atoms with Gasteiger partial charge in [0.1, 0.15) is 0 Å². The van der Waals surface area contributed by atoms with Crippen molar-refractivity contribution >= 4 is 35.8 Å². The van der Waals surface area contributed by atoms with Crippen molar-refractivity contribution in [2.75, 3.05) is 12.9 Å². The molecule has 0 radical (unpaired) electrons. The Morgan fingerprint density at radius 1 is 1.31 bits per heavy atom. The monoisotopic (exact) mass is 309 g/mol. The average Bonchev–Trinajstić information content (AvgIpc) is 2.20. The van der Waals surface area contributed by atoms with Crippen LogP contribution in [0.1, 0.15) is 5.56 Å². The van der Waals surface area contributed by atoms with Crippen molar-refractivity contribution in [3.05, 3.63) is 29.8 Å². The van der Waals surface area contributed by atoms with Gasteiger partial charge in [-0.25, -0.2) is 0 Å². The molecule has 1 rings (SSSR count). The second kappa shape index (κ2) is 8.20. The van der Waals surface area contributed by atoms with E-state index in [4.69, 9.17) is 5.73 Å². The van der Waals surface area contributed by atoms with Crippen LogP contribution in [0.4, 0.5) is 10.1 Å². The van der Waals surface area contributed by atoms with Crippen molar-refractivity contribution in [3.8, 4) is 11.2 Å². The van der Waals surface area contributed by atoms with E-state index in [0.717, 1.165) is 11.3 Å². The molecule has 0 fully saturated rings. The number of benzene rings is 1. The molecule has 2 N–H and O–H groups in total. The molecule has 4 heteroatoms. The Morgan fingerprint density at radius 2 is 1.85 bits per heavy atom. The van der Waals surface area contributed by atoms with Crippen molar-refractivity contribution in [3.63, 3.8) is 0 Å². The van der Waals surface area contributed by atoms with Gasteiger partial charge in [0.05, 0.1) is 7.18 Å². The lowest BCUT2D eigenvalue weighted by molar-refractivity contribution is 0.636. The van der Waals surface area contributed by atoms with Crippen LogP contribution in [-0.2, 0) is 0 Å². The van der Waals surface area contributed by atoms with Crippen LogP contribution in [0.5, 0.6) is 0 Å². The molecule has 1 nitrogen and oxygen atoms in total. The van der Waals surface area contributed by atoms with Gasteiger partial charge in [-0.2, -0.15) is 0 Å².